The summed E-state index contributed by atoms with van der Waals surface area (Å²) in [6.07, 6.45) is 2.28. The van der Waals surface area contributed by atoms with Crippen LogP contribution >= 0.6 is 0 Å². The Balaban J connectivity index is 2.40. The van der Waals surface area contributed by atoms with Gasteiger partial charge in [-0.3, -0.25) is 0 Å². The third-order valence-electron chi connectivity index (χ3n) is 4.02. The molecule has 17 heavy (non-hydrogen) atoms. The third-order valence-corrected chi connectivity index (χ3v) is 4.02. The second kappa shape index (κ2) is 4.43. The Bertz CT molecular complexity index is 407. The molecule has 2 nitrogen and oxygen atoms in total. The predicted molar refractivity (Wildman–Crippen MR) is 71.1 cm³/mol. The number of hydrogen-bond donors (Lipinski definition) is 1. The lowest BCUT2D eigenvalue weighted by Crippen LogP contribution is -2.31. The molecule has 1 N–H and O–H groups in total. The summed E-state index contributed by atoms with van der Waals surface area (Å²) in [7, 11) is 4.22. The average Bonchev–Trinajstić information content (AvgIpc) is 3.02. The normalized spacial score (nSPS) is 19.4. The topological polar surface area (TPSA) is 23.5 Å². The number of hydrogen-bond acceptors (Lipinski definition) is 2. The molecule has 94 valence electrons. The monoisotopic (exact) mass is 233 g/mol. The molecule has 0 saturated heterocycles. The third kappa shape index (κ3) is 2.24. The van der Waals surface area contributed by atoms with Crippen LogP contribution in [0.25, 0.3) is 0 Å². The van der Waals surface area contributed by atoms with Gasteiger partial charge in [0.05, 0.1) is 6.61 Å². The summed E-state index contributed by atoms with van der Waals surface area (Å²) in [5, 5.41) is 9.66. The maximum absolute atomic E-state index is 9.66. The van der Waals surface area contributed by atoms with E-state index in [9.17, 15) is 5.11 Å². The van der Waals surface area contributed by atoms with E-state index in [4.69, 9.17) is 0 Å². The van der Waals surface area contributed by atoms with Crippen LogP contribution in [0.3, 0.4) is 0 Å². The predicted octanol–water partition coefficient (Wildman–Crippen LogP) is 2.68. The van der Waals surface area contributed by atoms with Gasteiger partial charge in [-0.15, -0.1) is 0 Å². The van der Waals surface area contributed by atoms with Crippen LogP contribution in [0.2, 0.25) is 0 Å². The Morgan fingerprint density at radius 3 is 2.35 bits per heavy atom. The highest BCUT2D eigenvalue weighted by Crippen LogP contribution is 2.56. The van der Waals surface area contributed by atoms with Crippen molar-refractivity contribution in [2.45, 2.75) is 32.7 Å². The van der Waals surface area contributed by atoms with Crippen molar-refractivity contribution in [2.75, 3.05) is 20.7 Å². The number of aliphatic hydroxyl groups excluding tert-OH is 1. The summed E-state index contributed by atoms with van der Waals surface area (Å²) in [5.74, 6) is 0. The molecule has 2 heteroatoms. The molecular weight excluding hydrogens is 210 g/mol. The summed E-state index contributed by atoms with van der Waals surface area (Å²) in [6.45, 7) is 4.59. The molecule has 1 saturated carbocycles. The highest BCUT2D eigenvalue weighted by molar-refractivity contribution is 5.35. The van der Waals surface area contributed by atoms with Crippen molar-refractivity contribution in [3.63, 3.8) is 0 Å². The molecule has 1 aromatic rings. The van der Waals surface area contributed by atoms with E-state index in [2.05, 4.69) is 51.0 Å². The molecule has 1 aliphatic rings. The van der Waals surface area contributed by atoms with Gasteiger partial charge in [0.2, 0.25) is 0 Å². The Labute approximate surface area is 104 Å². The molecule has 0 aromatic heterocycles. The van der Waals surface area contributed by atoms with Gasteiger partial charge in [-0.05, 0) is 51.9 Å². The summed E-state index contributed by atoms with van der Waals surface area (Å²) < 4.78 is 0. The van der Waals surface area contributed by atoms with E-state index in [-0.39, 0.29) is 5.41 Å². The summed E-state index contributed by atoms with van der Waals surface area (Å²) >= 11 is 0. The van der Waals surface area contributed by atoms with E-state index < -0.39 is 0 Å². The van der Waals surface area contributed by atoms with Gasteiger partial charge >= 0.3 is 0 Å². The van der Waals surface area contributed by atoms with E-state index in [0.717, 1.165) is 12.8 Å². The van der Waals surface area contributed by atoms with Crippen molar-refractivity contribution < 1.29 is 5.11 Å². The summed E-state index contributed by atoms with van der Waals surface area (Å²) in [5.41, 5.74) is 4.11. The molecule has 1 aromatic carbocycles. The van der Waals surface area contributed by atoms with Crippen LogP contribution in [0.1, 0.15) is 35.6 Å². The van der Waals surface area contributed by atoms with E-state index >= 15 is 0 Å². The Morgan fingerprint density at radius 2 is 1.94 bits per heavy atom. The fraction of sp³-hybridized carbons (Fsp3) is 0.600. The number of rotatable bonds is 4. The van der Waals surface area contributed by atoms with E-state index in [0.29, 0.717) is 12.6 Å². The van der Waals surface area contributed by atoms with Crippen LogP contribution in [0, 0.1) is 19.3 Å². The van der Waals surface area contributed by atoms with Gasteiger partial charge in [0, 0.05) is 11.5 Å². The lowest BCUT2D eigenvalue weighted by atomic mass is 9.87. The number of nitrogens with zero attached hydrogens (tertiary/aromatic N) is 1. The van der Waals surface area contributed by atoms with Gasteiger partial charge in [0.25, 0.3) is 0 Å². The molecule has 1 aliphatic carbocycles. The zero-order valence-electron chi connectivity index (χ0n) is 11.3. The zero-order chi connectivity index (χ0) is 12.6. The molecule has 0 aliphatic heterocycles. The molecule has 0 amide bonds. The lowest BCUT2D eigenvalue weighted by Gasteiger charge is -2.33. The first-order chi connectivity index (χ1) is 8.00. The standard InChI is InChI=1S/C15H23NO/c1-11-5-6-13(12(2)9-11)14(16(3)4)15(10-17)7-8-15/h5-6,9,14,17H,7-8,10H2,1-4H3. The molecular formula is C15H23NO. The highest BCUT2D eigenvalue weighted by atomic mass is 16.3. The first kappa shape index (κ1) is 12.6. The fourth-order valence-corrected chi connectivity index (χ4v) is 2.97. The van der Waals surface area contributed by atoms with Crippen molar-refractivity contribution in [2.24, 2.45) is 5.41 Å². The largest absolute Gasteiger partial charge is 0.396 e. The molecule has 0 bridgehead atoms. The summed E-state index contributed by atoms with van der Waals surface area (Å²) in [6, 6.07) is 6.98. The van der Waals surface area contributed by atoms with Crippen LogP contribution < -0.4 is 0 Å². The van der Waals surface area contributed by atoms with Gasteiger partial charge in [0.1, 0.15) is 0 Å². The van der Waals surface area contributed by atoms with Gasteiger partial charge in [0.15, 0.2) is 0 Å². The Morgan fingerprint density at radius 1 is 1.29 bits per heavy atom. The lowest BCUT2D eigenvalue weighted by molar-refractivity contribution is 0.115. The maximum Gasteiger partial charge on any atom is 0.0505 e. The first-order valence-electron chi connectivity index (χ1n) is 6.34. The second-order valence-electron chi connectivity index (χ2n) is 5.75. The summed E-state index contributed by atoms with van der Waals surface area (Å²) in [4.78, 5) is 2.25. The van der Waals surface area contributed by atoms with Crippen molar-refractivity contribution in [3.05, 3.63) is 34.9 Å². The number of aliphatic hydroxyl groups is 1. The number of benzene rings is 1. The highest BCUT2D eigenvalue weighted by Gasteiger charge is 2.50. The van der Waals surface area contributed by atoms with E-state index in [1.54, 1.807) is 0 Å². The molecule has 0 radical (unpaired) electrons. The zero-order valence-corrected chi connectivity index (χ0v) is 11.3. The van der Waals surface area contributed by atoms with Gasteiger partial charge < -0.3 is 10.0 Å². The first-order valence-corrected chi connectivity index (χ1v) is 6.34. The molecule has 0 heterocycles. The van der Waals surface area contributed by atoms with E-state index in [1.165, 1.54) is 16.7 Å². The quantitative estimate of drug-likeness (QED) is 0.864. The van der Waals surface area contributed by atoms with Crippen LogP contribution in [-0.4, -0.2) is 30.7 Å². The Kier molecular flexibility index (Phi) is 3.28. The Hall–Kier alpha value is -0.860. The second-order valence-corrected chi connectivity index (χ2v) is 5.75. The average molecular weight is 233 g/mol. The fourth-order valence-electron chi connectivity index (χ4n) is 2.97. The van der Waals surface area contributed by atoms with Gasteiger partial charge in [-0.2, -0.15) is 0 Å². The molecule has 2 rings (SSSR count). The van der Waals surface area contributed by atoms with Crippen LogP contribution in [0.5, 0.6) is 0 Å². The maximum atomic E-state index is 9.66. The van der Waals surface area contributed by atoms with Crippen LogP contribution in [0.15, 0.2) is 18.2 Å². The minimum atomic E-state index is 0.101. The van der Waals surface area contributed by atoms with Crippen molar-refractivity contribution >= 4 is 0 Å². The van der Waals surface area contributed by atoms with Crippen LogP contribution in [0.4, 0.5) is 0 Å². The SMILES string of the molecule is Cc1ccc(C(N(C)C)C2(CO)CC2)c(C)c1. The molecule has 0 spiro atoms. The van der Waals surface area contributed by atoms with Gasteiger partial charge in [-0.1, -0.05) is 23.8 Å². The van der Waals surface area contributed by atoms with Gasteiger partial charge in [-0.25, -0.2) is 0 Å². The number of aryl methyl sites for hydroxylation is 2. The molecule has 1 atom stereocenters. The minimum absolute atomic E-state index is 0.101. The van der Waals surface area contributed by atoms with Crippen molar-refractivity contribution in [1.82, 2.24) is 4.90 Å². The molecule has 1 unspecified atom stereocenters. The smallest absolute Gasteiger partial charge is 0.0505 e. The van der Waals surface area contributed by atoms with Crippen molar-refractivity contribution in [3.8, 4) is 0 Å². The van der Waals surface area contributed by atoms with E-state index in [1.807, 2.05) is 0 Å². The minimum Gasteiger partial charge on any atom is -0.396 e. The van der Waals surface area contributed by atoms with Crippen LogP contribution in [-0.2, 0) is 0 Å². The molecule has 1 fully saturated rings. The van der Waals surface area contributed by atoms with Crippen molar-refractivity contribution in [1.29, 1.82) is 0 Å².